The number of H-pyrrole nitrogens is 1. The van der Waals surface area contributed by atoms with E-state index in [-0.39, 0.29) is 18.6 Å². The fourth-order valence-electron chi connectivity index (χ4n) is 1.12. The molecular weight excluding hydrogens is 182 g/mol. The maximum absolute atomic E-state index is 11.6. The van der Waals surface area contributed by atoms with Crippen molar-refractivity contribution in [1.29, 1.82) is 0 Å². The maximum Gasteiger partial charge on any atom is 0.255 e. The van der Waals surface area contributed by atoms with Gasteiger partial charge in [0.15, 0.2) is 0 Å². The number of nitrogens with one attached hydrogen (secondary N) is 2. The van der Waals surface area contributed by atoms with Crippen LogP contribution in [0.25, 0.3) is 0 Å². The van der Waals surface area contributed by atoms with Gasteiger partial charge in [0.25, 0.3) is 5.91 Å². The zero-order valence-corrected chi connectivity index (χ0v) is 8.37. The van der Waals surface area contributed by atoms with Crippen LogP contribution in [0.1, 0.15) is 29.4 Å². The monoisotopic (exact) mass is 197 g/mol. The minimum Gasteiger partial charge on any atom is -0.394 e. The van der Waals surface area contributed by atoms with Crippen LogP contribution >= 0.6 is 0 Å². The van der Waals surface area contributed by atoms with E-state index in [1.165, 1.54) is 6.20 Å². The fraction of sp³-hybridized carbons (Fsp3) is 0.556. The first-order chi connectivity index (χ1) is 6.69. The minimum atomic E-state index is -0.197. The van der Waals surface area contributed by atoms with Crippen molar-refractivity contribution in [2.24, 2.45) is 0 Å². The van der Waals surface area contributed by atoms with Crippen LogP contribution in [-0.2, 0) is 0 Å². The first-order valence-corrected chi connectivity index (χ1v) is 4.60. The number of aromatic amines is 1. The predicted octanol–water partition coefficient (Wildman–Crippen LogP) is 0.219. The highest BCUT2D eigenvalue weighted by Gasteiger charge is 2.14. The van der Waals surface area contributed by atoms with Gasteiger partial charge in [-0.25, -0.2) is 0 Å². The molecule has 5 nitrogen and oxygen atoms in total. The highest BCUT2D eigenvalue weighted by Crippen LogP contribution is 2.03. The van der Waals surface area contributed by atoms with Gasteiger partial charge in [-0.1, -0.05) is 6.92 Å². The average molecular weight is 197 g/mol. The second kappa shape index (κ2) is 4.76. The molecule has 0 saturated heterocycles. The van der Waals surface area contributed by atoms with E-state index in [2.05, 4.69) is 15.5 Å². The summed E-state index contributed by atoms with van der Waals surface area (Å²) in [5.74, 6) is -0.197. The Morgan fingerprint density at radius 1 is 1.79 bits per heavy atom. The summed E-state index contributed by atoms with van der Waals surface area (Å²) in [4.78, 5) is 11.6. The summed E-state index contributed by atoms with van der Waals surface area (Å²) in [7, 11) is 0. The molecule has 0 aliphatic heterocycles. The number of hydrogen-bond donors (Lipinski definition) is 3. The third-order valence-corrected chi connectivity index (χ3v) is 2.12. The lowest BCUT2D eigenvalue weighted by Crippen LogP contribution is -2.37. The number of carbonyl (C=O) groups is 1. The number of aryl methyl sites for hydroxylation is 1. The SMILES string of the molecule is CC[C@@H](CO)NC(=O)c1cn[nH]c1C. The predicted molar refractivity (Wildman–Crippen MR) is 52.0 cm³/mol. The summed E-state index contributed by atoms with van der Waals surface area (Å²) >= 11 is 0. The minimum absolute atomic E-state index is 0.0425. The Morgan fingerprint density at radius 3 is 2.93 bits per heavy atom. The van der Waals surface area contributed by atoms with E-state index >= 15 is 0 Å². The van der Waals surface area contributed by atoms with Crippen molar-refractivity contribution in [3.05, 3.63) is 17.5 Å². The average Bonchev–Trinajstić information content (AvgIpc) is 2.60. The molecule has 1 amide bonds. The summed E-state index contributed by atoms with van der Waals surface area (Å²) < 4.78 is 0. The van der Waals surface area contributed by atoms with Crippen molar-refractivity contribution in [2.45, 2.75) is 26.3 Å². The Balaban J connectivity index is 2.63. The molecule has 0 saturated carbocycles. The second-order valence-corrected chi connectivity index (χ2v) is 3.17. The molecule has 3 N–H and O–H groups in total. The lowest BCUT2D eigenvalue weighted by Gasteiger charge is -2.13. The Kier molecular flexibility index (Phi) is 3.64. The van der Waals surface area contributed by atoms with E-state index in [4.69, 9.17) is 5.11 Å². The first-order valence-electron chi connectivity index (χ1n) is 4.60. The Morgan fingerprint density at radius 2 is 2.50 bits per heavy atom. The third-order valence-electron chi connectivity index (χ3n) is 2.12. The van der Waals surface area contributed by atoms with E-state index < -0.39 is 0 Å². The second-order valence-electron chi connectivity index (χ2n) is 3.17. The van der Waals surface area contributed by atoms with Gasteiger partial charge in [-0.15, -0.1) is 0 Å². The molecule has 0 bridgehead atoms. The zero-order valence-electron chi connectivity index (χ0n) is 8.37. The molecule has 0 radical (unpaired) electrons. The van der Waals surface area contributed by atoms with Crippen LogP contribution in [0.5, 0.6) is 0 Å². The highest BCUT2D eigenvalue weighted by molar-refractivity contribution is 5.95. The van der Waals surface area contributed by atoms with Crippen LogP contribution in [0, 0.1) is 6.92 Å². The van der Waals surface area contributed by atoms with Gasteiger partial charge in [-0.05, 0) is 13.3 Å². The maximum atomic E-state index is 11.6. The summed E-state index contributed by atoms with van der Waals surface area (Å²) in [5.41, 5.74) is 1.26. The molecule has 1 aromatic rings. The molecule has 5 heteroatoms. The molecule has 1 heterocycles. The van der Waals surface area contributed by atoms with E-state index in [1.54, 1.807) is 6.92 Å². The highest BCUT2D eigenvalue weighted by atomic mass is 16.3. The van der Waals surface area contributed by atoms with Crippen molar-refractivity contribution in [1.82, 2.24) is 15.5 Å². The first kappa shape index (κ1) is 10.7. The molecule has 0 spiro atoms. The van der Waals surface area contributed by atoms with Crippen LogP contribution in [0.3, 0.4) is 0 Å². The van der Waals surface area contributed by atoms with E-state index in [9.17, 15) is 4.79 Å². The Bertz CT molecular complexity index is 305. The van der Waals surface area contributed by atoms with Crippen LogP contribution in [0.4, 0.5) is 0 Å². The standard InChI is InChI=1S/C9H15N3O2/c1-3-7(5-13)11-9(14)8-4-10-12-6(8)2/h4,7,13H,3,5H2,1-2H3,(H,10,12)(H,11,14)/t7-/m0/s1. The fourth-order valence-corrected chi connectivity index (χ4v) is 1.12. The molecule has 0 aromatic carbocycles. The van der Waals surface area contributed by atoms with E-state index in [1.807, 2.05) is 6.92 Å². The lowest BCUT2D eigenvalue weighted by molar-refractivity contribution is 0.0914. The van der Waals surface area contributed by atoms with Gasteiger partial charge in [-0.2, -0.15) is 5.10 Å². The normalized spacial score (nSPS) is 12.5. The van der Waals surface area contributed by atoms with Crippen LogP contribution in [-0.4, -0.2) is 33.9 Å². The van der Waals surface area contributed by atoms with Crippen LogP contribution < -0.4 is 5.32 Å². The van der Waals surface area contributed by atoms with Gasteiger partial charge in [0.05, 0.1) is 24.4 Å². The number of amides is 1. The number of hydrogen-bond acceptors (Lipinski definition) is 3. The lowest BCUT2D eigenvalue weighted by atomic mass is 10.2. The van der Waals surface area contributed by atoms with Crippen molar-refractivity contribution in [3.8, 4) is 0 Å². The molecule has 0 fully saturated rings. The largest absolute Gasteiger partial charge is 0.394 e. The molecule has 1 atom stereocenters. The van der Waals surface area contributed by atoms with Crippen LogP contribution in [0.15, 0.2) is 6.20 Å². The molecule has 0 aliphatic carbocycles. The number of aromatic nitrogens is 2. The van der Waals surface area contributed by atoms with Crippen molar-refractivity contribution >= 4 is 5.91 Å². The van der Waals surface area contributed by atoms with Gasteiger partial charge < -0.3 is 10.4 Å². The van der Waals surface area contributed by atoms with Gasteiger partial charge in [0.1, 0.15) is 0 Å². The third kappa shape index (κ3) is 2.32. The summed E-state index contributed by atoms with van der Waals surface area (Å²) in [5, 5.41) is 18.1. The molecule has 14 heavy (non-hydrogen) atoms. The summed E-state index contributed by atoms with van der Waals surface area (Å²) in [6, 6.07) is -0.184. The quantitative estimate of drug-likeness (QED) is 0.646. The van der Waals surface area contributed by atoms with Gasteiger partial charge >= 0.3 is 0 Å². The van der Waals surface area contributed by atoms with E-state index in [0.717, 1.165) is 5.69 Å². The summed E-state index contributed by atoms with van der Waals surface area (Å²) in [6.07, 6.45) is 2.19. The van der Waals surface area contributed by atoms with E-state index in [0.29, 0.717) is 12.0 Å². The number of rotatable bonds is 4. The Labute approximate surface area is 82.5 Å². The molecule has 78 valence electrons. The Hall–Kier alpha value is -1.36. The van der Waals surface area contributed by atoms with Crippen molar-refractivity contribution in [2.75, 3.05) is 6.61 Å². The molecule has 0 unspecified atom stereocenters. The smallest absolute Gasteiger partial charge is 0.255 e. The molecular formula is C9H15N3O2. The van der Waals surface area contributed by atoms with Gasteiger partial charge in [-0.3, -0.25) is 9.89 Å². The molecule has 1 aromatic heterocycles. The number of aliphatic hydroxyl groups is 1. The zero-order chi connectivity index (χ0) is 10.6. The number of carbonyl (C=O) groups excluding carboxylic acids is 1. The van der Waals surface area contributed by atoms with Gasteiger partial charge in [0.2, 0.25) is 0 Å². The van der Waals surface area contributed by atoms with Crippen molar-refractivity contribution < 1.29 is 9.90 Å². The van der Waals surface area contributed by atoms with Crippen LogP contribution in [0.2, 0.25) is 0 Å². The molecule has 1 rings (SSSR count). The molecule has 0 aliphatic rings. The summed E-state index contributed by atoms with van der Waals surface area (Å²) in [6.45, 7) is 3.64. The topological polar surface area (TPSA) is 78.0 Å². The van der Waals surface area contributed by atoms with Crippen molar-refractivity contribution in [3.63, 3.8) is 0 Å². The van der Waals surface area contributed by atoms with Gasteiger partial charge in [0, 0.05) is 5.69 Å². The number of aliphatic hydroxyl groups excluding tert-OH is 1. The number of nitrogens with zero attached hydrogens (tertiary/aromatic N) is 1.